The lowest BCUT2D eigenvalue weighted by Crippen LogP contribution is -2.49. The van der Waals surface area contributed by atoms with Gasteiger partial charge in [0.15, 0.2) is 0 Å². The molecule has 6 nitrogen and oxygen atoms in total. The highest BCUT2D eigenvalue weighted by molar-refractivity contribution is 7.89. The lowest BCUT2D eigenvalue weighted by molar-refractivity contribution is 0.384. The van der Waals surface area contributed by atoms with Crippen molar-refractivity contribution in [1.82, 2.24) is 9.29 Å². The van der Waals surface area contributed by atoms with Crippen LogP contribution < -0.4 is 4.90 Å². The van der Waals surface area contributed by atoms with Crippen LogP contribution in [0.4, 0.5) is 5.82 Å². The molecule has 0 unspecified atom stereocenters. The van der Waals surface area contributed by atoms with Crippen LogP contribution in [0, 0.1) is 11.3 Å². The zero-order chi connectivity index (χ0) is 18.0. The van der Waals surface area contributed by atoms with Crippen molar-refractivity contribution in [2.45, 2.75) is 4.90 Å². The molecule has 0 amide bonds. The summed E-state index contributed by atoms with van der Waals surface area (Å²) in [5, 5.41) is 9.64. The Kier molecular flexibility index (Phi) is 5.16. The third-order valence-electron chi connectivity index (χ3n) is 3.96. The SMILES string of the molecule is N#Cc1cccnc1N1CCN(S(=O)(=O)c2cc(Cl)ccc2Cl)CC1. The number of anilines is 1. The van der Waals surface area contributed by atoms with E-state index in [1.54, 1.807) is 24.4 Å². The van der Waals surface area contributed by atoms with Gasteiger partial charge in [0.2, 0.25) is 10.0 Å². The molecular formula is C16H14Cl2N4O2S. The molecule has 1 aromatic carbocycles. The van der Waals surface area contributed by atoms with Crippen molar-refractivity contribution in [3.63, 3.8) is 0 Å². The van der Waals surface area contributed by atoms with Crippen molar-refractivity contribution in [3.05, 3.63) is 52.1 Å². The molecule has 0 bridgehead atoms. The molecule has 0 N–H and O–H groups in total. The third-order valence-corrected chi connectivity index (χ3v) is 6.57. The molecule has 0 atom stereocenters. The van der Waals surface area contributed by atoms with Crippen molar-refractivity contribution in [3.8, 4) is 6.07 Å². The largest absolute Gasteiger partial charge is 0.353 e. The van der Waals surface area contributed by atoms with Gasteiger partial charge in [0.25, 0.3) is 0 Å². The number of nitrogens with zero attached hydrogens (tertiary/aromatic N) is 4. The number of hydrogen-bond donors (Lipinski definition) is 0. The smallest absolute Gasteiger partial charge is 0.244 e. The van der Waals surface area contributed by atoms with Crippen LogP contribution in [0.5, 0.6) is 0 Å². The van der Waals surface area contributed by atoms with Crippen molar-refractivity contribution in [1.29, 1.82) is 5.26 Å². The summed E-state index contributed by atoms with van der Waals surface area (Å²) in [6, 6.07) is 9.87. The van der Waals surface area contributed by atoms with Crippen molar-refractivity contribution in [2.75, 3.05) is 31.1 Å². The first-order valence-electron chi connectivity index (χ1n) is 7.49. The average Bonchev–Trinajstić information content (AvgIpc) is 2.63. The molecule has 1 saturated heterocycles. The normalized spacial score (nSPS) is 15.8. The quantitative estimate of drug-likeness (QED) is 0.796. The molecule has 2 aromatic rings. The van der Waals surface area contributed by atoms with Gasteiger partial charge in [-0.25, -0.2) is 13.4 Å². The number of piperazine rings is 1. The van der Waals surface area contributed by atoms with E-state index in [0.29, 0.717) is 29.5 Å². The summed E-state index contributed by atoms with van der Waals surface area (Å²) in [6.07, 6.45) is 1.62. The van der Waals surface area contributed by atoms with Gasteiger partial charge in [-0.2, -0.15) is 9.57 Å². The second kappa shape index (κ2) is 7.18. The molecule has 0 saturated carbocycles. The third kappa shape index (κ3) is 3.58. The van der Waals surface area contributed by atoms with Gasteiger partial charge in [-0.05, 0) is 30.3 Å². The molecule has 25 heavy (non-hydrogen) atoms. The summed E-state index contributed by atoms with van der Waals surface area (Å²) >= 11 is 12.0. The Morgan fingerprint density at radius 3 is 2.52 bits per heavy atom. The molecule has 1 fully saturated rings. The number of benzene rings is 1. The Hall–Kier alpha value is -1.85. The fourth-order valence-electron chi connectivity index (χ4n) is 2.69. The zero-order valence-corrected chi connectivity index (χ0v) is 15.4. The van der Waals surface area contributed by atoms with Gasteiger partial charge in [0, 0.05) is 37.4 Å². The van der Waals surface area contributed by atoms with E-state index in [4.69, 9.17) is 23.2 Å². The van der Waals surface area contributed by atoms with Gasteiger partial charge in [-0.3, -0.25) is 0 Å². The van der Waals surface area contributed by atoms with Crippen LogP contribution in [0.2, 0.25) is 10.0 Å². The van der Waals surface area contributed by atoms with E-state index < -0.39 is 10.0 Å². The number of hydrogen-bond acceptors (Lipinski definition) is 5. The second-order valence-electron chi connectivity index (χ2n) is 5.45. The van der Waals surface area contributed by atoms with E-state index in [2.05, 4.69) is 11.1 Å². The van der Waals surface area contributed by atoms with E-state index >= 15 is 0 Å². The first-order valence-corrected chi connectivity index (χ1v) is 9.68. The molecule has 0 spiro atoms. The molecule has 1 aromatic heterocycles. The summed E-state index contributed by atoms with van der Waals surface area (Å²) in [5.74, 6) is 0.572. The van der Waals surface area contributed by atoms with E-state index in [1.807, 2.05) is 4.90 Å². The van der Waals surface area contributed by atoms with Crippen LogP contribution >= 0.6 is 23.2 Å². The van der Waals surface area contributed by atoms with Gasteiger partial charge in [-0.1, -0.05) is 23.2 Å². The van der Waals surface area contributed by atoms with Crippen LogP contribution in [-0.4, -0.2) is 43.9 Å². The number of rotatable bonds is 3. The predicted molar refractivity (Wildman–Crippen MR) is 96.4 cm³/mol. The standard InChI is InChI=1S/C16H14Cl2N4O2S/c17-13-3-4-14(18)15(10-13)25(23,24)22-8-6-21(7-9-22)16-12(11-19)2-1-5-20-16/h1-5,10H,6-9H2. The molecule has 0 radical (unpaired) electrons. The lowest BCUT2D eigenvalue weighted by atomic mass is 10.2. The molecule has 0 aliphatic carbocycles. The van der Waals surface area contributed by atoms with Crippen LogP contribution in [0.25, 0.3) is 0 Å². The molecule has 9 heteroatoms. The van der Waals surface area contributed by atoms with E-state index in [-0.39, 0.29) is 23.0 Å². The van der Waals surface area contributed by atoms with E-state index in [1.165, 1.54) is 16.4 Å². The zero-order valence-electron chi connectivity index (χ0n) is 13.1. The number of aromatic nitrogens is 1. The maximum Gasteiger partial charge on any atom is 0.244 e. The summed E-state index contributed by atoms with van der Waals surface area (Å²) in [7, 11) is -3.73. The van der Waals surface area contributed by atoms with E-state index in [0.717, 1.165) is 0 Å². The van der Waals surface area contributed by atoms with Crippen LogP contribution in [-0.2, 0) is 10.0 Å². The molecule has 130 valence electrons. The highest BCUT2D eigenvalue weighted by Crippen LogP contribution is 2.29. The maximum absolute atomic E-state index is 12.8. The van der Waals surface area contributed by atoms with Gasteiger partial charge in [-0.15, -0.1) is 0 Å². The predicted octanol–water partition coefficient (Wildman–Crippen LogP) is 2.77. The monoisotopic (exact) mass is 396 g/mol. The fourth-order valence-corrected chi connectivity index (χ4v) is 4.85. The Bertz CT molecular complexity index is 935. The highest BCUT2D eigenvalue weighted by Gasteiger charge is 2.31. The minimum absolute atomic E-state index is 0.00525. The molecule has 1 aliphatic rings. The minimum atomic E-state index is -3.73. The number of sulfonamides is 1. The fraction of sp³-hybridized carbons (Fsp3) is 0.250. The molecule has 2 heterocycles. The number of halogens is 2. The summed E-state index contributed by atoms with van der Waals surface area (Å²) in [6.45, 7) is 1.41. The highest BCUT2D eigenvalue weighted by atomic mass is 35.5. The Labute approximate surface area is 156 Å². The molecule has 3 rings (SSSR count). The van der Waals surface area contributed by atoms with Crippen molar-refractivity contribution >= 4 is 39.0 Å². The van der Waals surface area contributed by atoms with Crippen molar-refractivity contribution < 1.29 is 8.42 Å². The van der Waals surface area contributed by atoms with Crippen molar-refractivity contribution in [2.24, 2.45) is 0 Å². The Morgan fingerprint density at radius 2 is 1.84 bits per heavy atom. The van der Waals surface area contributed by atoms with Gasteiger partial charge >= 0.3 is 0 Å². The Morgan fingerprint density at radius 1 is 1.12 bits per heavy atom. The topological polar surface area (TPSA) is 77.3 Å². The van der Waals surface area contributed by atoms with Gasteiger partial charge in [0.1, 0.15) is 16.8 Å². The Balaban J connectivity index is 1.80. The van der Waals surface area contributed by atoms with E-state index in [9.17, 15) is 13.7 Å². The van der Waals surface area contributed by atoms with Gasteiger partial charge in [0.05, 0.1) is 10.6 Å². The number of pyridine rings is 1. The van der Waals surface area contributed by atoms with Crippen LogP contribution in [0.15, 0.2) is 41.4 Å². The minimum Gasteiger partial charge on any atom is -0.353 e. The summed E-state index contributed by atoms with van der Waals surface area (Å²) in [4.78, 5) is 6.15. The average molecular weight is 397 g/mol. The second-order valence-corrected chi connectivity index (χ2v) is 8.20. The number of nitriles is 1. The molecule has 1 aliphatic heterocycles. The first-order chi connectivity index (χ1) is 11.9. The summed E-state index contributed by atoms with van der Waals surface area (Å²) in [5.41, 5.74) is 0.469. The molecular weight excluding hydrogens is 383 g/mol. The maximum atomic E-state index is 12.8. The first kappa shape index (κ1) is 18.0. The summed E-state index contributed by atoms with van der Waals surface area (Å²) < 4.78 is 27.0. The van der Waals surface area contributed by atoms with Crippen LogP contribution in [0.1, 0.15) is 5.56 Å². The lowest BCUT2D eigenvalue weighted by Gasteiger charge is -2.35. The van der Waals surface area contributed by atoms with Crippen LogP contribution in [0.3, 0.4) is 0 Å². The van der Waals surface area contributed by atoms with Gasteiger partial charge < -0.3 is 4.90 Å².